The molecule has 5 heteroatoms. The van der Waals surface area contributed by atoms with Gasteiger partial charge in [-0.05, 0) is 37.0 Å². The van der Waals surface area contributed by atoms with Crippen LogP contribution in [0.4, 0.5) is 10.5 Å². The third-order valence-corrected chi connectivity index (χ3v) is 3.72. The summed E-state index contributed by atoms with van der Waals surface area (Å²) in [6.45, 7) is 6.20. The molecule has 0 radical (unpaired) electrons. The summed E-state index contributed by atoms with van der Waals surface area (Å²) in [5.41, 5.74) is 2.02. The highest BCUT2D eigenvalue weighted by atomic mass is 16.4. The van der Waals surface area contributed by atoms with E-state index in [0.717, 1.165) is 43.6 Å². The summed E-state index contributed by atoms with van der Waals surface area (Å²) < 4.78 is 0. The Morgan fingerprint density at radius 2 is 1.90 bits per heavy atom. The summed E-state index contributed by atoms with van der Waals surface area (Å²) in [4.78, 5) is 27.3. The summed E-state index contributed by atoms with van der Waals surface area (Å²) in [6.07, 6.45) is 2.62. The number of carbonyl (C=O) groups is 2. The molecule has 0 spiro atoms. The Labute approximate surface area is 125 Å². The summed E-state index contributed by atoms with van der Waals surface area (Å²) >= 11 is 0. The van der Waals surface area contributed by atoms with E-state index in [2.05, 4.69) is 13.8 Å². The van der Waals surface area contributed by atoms with Crippen LogP contribution in [0.1, 0.15) is 42.6 Å². The number of aromatic carboxylic acids is 1. The van der Waals surface area contributed by atoms with Crippen molar-refractivity contribution >= 4 is 17.7 Å². The van der Waals surface area contributed by atoms with E-state index in [0.29, 0.717) is 6.54 Å². The first-order chi connectivity index (χ1) is 10.1. The van der Waals surface area contributed by atoms with Crippen molar-refractivity contribution in [3.8, 4) is 0 Å². The standard InChI is InChI=1S/C16H22N2O3/c1-3-8-17(9-4-2)16(21)18-10-7-12-5-6-13(15(19)20)11-14(12)18/h5-6,11H,3-4,7-10H2,1-2H3,(H,19,20). The topological polar surface area (TPSA) is 60.9 Å². The minimum absolute atomic E-state index is 0.0139. The molecule has 1 aromatic carbocycles. The van der Waals surface area contributed by atoms with Crippen LogP contribution >= 0.6 is 0 Å². The molecule has 2 rings (SSSR count). The van der Waals surface area contributed by atoms with Crippen molar-refractivity contribution in [1.29, 1.82) is 0 Å². The van der Waals surface area contributed by atoms with E-state index < -0.39 is 5.97 Å². The molecule has 1 aliphatic heterocycles. The molecule has 0 fully saturated rings. The normalized spacial score (nSPS) is 13.1. The van der Waals surface area contributed by atoms with Crippen LogP contribution in [0.2, 0.25) is 0 Å². The second-order valence-corrected chi connectivity index (χ2v) is 5.32. The number of carboxylic acids is 1. The quantitative estimate of drug-likeness (QED) is 0.906. The lowest BCUT2D eigenvalue weighted by molar-refractivity contribution is 0.0697. The zero-order valence-corrected chi connectivity index (χ0v) is 12.6. The number of anilines is 1. The summed E-state index contributed by atoms with van der Waals surface area (Å²) in [5, 5.41) is 9.10. The molecular weight excluding hydrogens is 268 g/mol. The summed E-state index contributed by atoms with van der Waals surface area (Å²) in [5.74, 6) is -0.962. The molecule has 0 atom stereocenters. The molecule has 114 valence electrons. The number of fused-ring (bicyclic) bond motifs is 1. The molecule has 0 unspecified atom stereocenters. The van der Waals surface area contributed by atoms with Gasteiger partial charge in [-0.25, -0.2) is 9.59 Å². The number of hydrogen-bond acceptors (Lipinski definition) is 2. The van der Waals surface area contributed by atoms with Crippen molar-refractivity contribution in [1.82, 2.24) is 4.90 Å². The first kappa shape index (κ1) is 15.4. The molecule has 0 aliphatic carbocycles. The predicted octanol–water partition coefficient (Wildman–Crippen LogP) is 2.99. The molecule has 1 aromatic rings. The Morgan fingerprint density at radius 3 is 2.48 bits per heavy atom. The zero-order valence-electron chi connectivity index (χ0n) is 12.6. The zero-order chi connectivity index (χ0) is 15.4. The first-order valence-corrected chi connectivity index (χ1v) is 7.51. The van der Waals surface area contributed by atoms with E-state index in [4.69, 9.17) is 5.11 Å². The highest BCUT2D eigenvalue weighted by molar-refractivity contribution is 5.97. The average molecular weight is 290 g/mol. The molecular formula is C16H22N2O3. The minimum Gasteiger partial charge on any atom is -0.478 e. The fourth-order valence-corrected chi connectivity index (χ4v) is 2.72. The van der Waals surface area contributed by atoms with E-state index >= 15 is 0 Å². The van der Waals surface area contributed by atoms with Gasteiger partial charge in [0, 0.05) is 25.3 Å². The van der Waals surface area contributed by atoms with Gasteiger partial charge in [0.2, 0.25) is 0 Å². The predicted molar refractivity (Wildman–Crippen MR) is 82.0 cm³/mol. The molecule has 1 N–H and O–H groups in total. The molecule has 5 nitrogen and oxygen atoms in total. The monoisotopic (exact) mass is 290 g/mol. The maximum absolute atomic E-state index is 12.7. The number of benzene rings is 1. The molecule has 2 amide bonds. The Bertz CT molecular complexity index is 536. The van der Waals surface area contributed by atoms with E-state index in [1.165, 1.54) is 0 Å². The lowest BCUT2D eigenvalue weighted by Crippen LogP contribution is -2.43. The van der Waals surface area contributed by atoms with Gasteiger partial charge in [-0.3, -0.25) is 4.90 Å². The highest BCUT2D eigenvalue weighted by Gasteiger charge is 2.28. The van der Waals surface area contributed by atoms with Crippen LogP contribution in [-0.2, 0) is 6.42 Å². The van der Waals surface area contributed by atoms with E-state index in [1.54, 1.807) is 17.0 Å². The Kier molecular flexibility index (Phi) is 4.83. The number of carbonyl (C=O) groups excluding carboxylic acids is 1. The van der Waals surface area contributed by atoms with Crippen LogP contribution in [0.15, 0.2) is 18.2 Å². The van der Waals surface area contributed by atoms with E-state index in [-0.39, 0.29) is 11.6 Å². The number of urea groups is 1. The van der Waals surface area contributed by atoms with Gasteiger partial charge in [0.25, 0.3) is 0 Å². The fourth-order valence-electron chi connectivity index (χ4n) is 2.72. The highest BCUT2D eigenvalue weighted by Crippen LogP contribution is 2.30. The van der Waals surface area contributed by atoms with Gasteiger partial charge in [-0.1, -0.05) is 19.9 Å². The van der Waals surface area contributed by atoms with Crippen molar-refractivity contribution < 1.29 is 14.7 Å². The molecule has 1 aliphatic rings. The second kappa shape index (κ2) is 6.61. The van der Waals surface area contributed by atoms with E-state index in [1.807, 2.05) is 11.0 Å². The van der Waals surface area contributed by atoms with Gasteiger partial charge in [0.05, 0.1) is 5.56 Å². The van der Waals surface area contributed by atoms with Crippen LogP contribution in [0.25, 0.3) is 0 Å². The van der Waals surface area contributed by atoms with E-state index in [9.17, 15) is 9.59 Å². The largest absolute Gasteiger partial charge is 0.478 e. The number of hydrogen-bond donors (Lipinski definition) is 1. The first-order valence-electron chi connectivity index (χ1n) is 7.51. The van der Waals surface area contributed by atoms with Gasteiger partial charge in [-0.15, -0.1) is 0 Å². The van der Waals surface area contributed by atoms with Crippen LogP contribution in [0, 0.1) is 0 Å². The molecule has 21 heavy (non-hydrogen) atoms. The Hall–Kier alpha value is -2.04. The second-order valence-electron chi connectivity index (χ2n) is 5.32. The maximum atomic E-state index is 12.7. The number of nitrogens with zero attached hydrogens (tertiary/aromatic N) is 2. The number of rotatable bonds is 5. The van der Waals surface area contributed by atoms with Crippen molar-refractivity contribution in [3.63, 3.8) is 0 Å². The van der Waals surface area contributed by atoms with Crippen LogP contribution in [-0.4, -0.2) is 41.6 Å². The van der Waals surface area contributed by atoms with Gasteiger partial charge in [-0.2, -0.15) is 0 Å². The lowest BCUT2D eigenvalue weighted by atomic mass is 10.1. The van der Waals surface area contributed by atoms with Gasteiger partial charge >= 0.3 is 12.0 Å². The van der Waals surface area contributed by atoms with Crippen LogP contribution < -0.4 is 4.90 Å². The van der Waals surface area contributed by atoms with Crippen molar-refractivity contribution in [2.24, 2.45) is 0 Å². The SMILES string of the molecule is CCCN(CCC)C(=O)N1CCc2ccc(C(=O)O)cc21. The molecule has 0 aromatic heterocycles. The minimum atomic E-state index is -0.962. The Balaban J connectivity index is 2.25. The maximum Gasteiger partial charge on any atom is 0.335 e. The van der Waals surface area contributed by atoms with Gasteiger partial charge in [0.15, 0.2) is 0 Å². The third kappa shape index (κ3) is 3.17. The van der Waals surface area contributed by atoms with Crippen LogP contribution in [0.5, 0.6) is 0 Å². The Morgan fingerprint density at radius 1 is 1.24 bits per heavy atom. The summed E-state index contributed by atoms with van der Waals surface area (Å²) in [7, 11) is 0. The van der Waals surface area contributed by atoms with Crippen molar-refractivity contribution in [2.45, 2.75) is 33.1 Å². The average Bonchev–Trinajstić information content (AvgIpc) is 2.89. The molecule has 0 bridgehead atoms. The van der Waals surface area contributed by atoms with Gasteiger partial charge < -0.3 is 10.0 Å². The fraction of sp³-hybridized carbons (Fsp3) is 0.500. The van der Waals surface area contributed by atoms with Crippen molar-refractivity contribution in [3.05, 3.63) is 29.3 Å². The number of amides is 2. The third-order valence-electron chi connectivity index (χ3n) is 3.72. The molecule has 0 saturated heterocycles. The summed E-state index contributed by atoms with van der Waals surface area (Å²) in [6, 6.07) is 5.01. The smallest absolute Gasteiger partial charge is 0.335 e. The lowest BCUT2D eigenvalue weighted by Gasteiger charge is -2.28. The van der Waals surface area contributed by atoms with Gasteiger partial charge in [0.1, 0.15) is 0 Å². The number of carboxylic acid groups (broad SMARTS) is 1. The van der Waals surface area contributed by atoms with Crippen molar-refractivity contribution in [2.75, 3.05) is 24.5 Å². The molecule has 1 heterocycles. The molecule has 0 saturated carbocycles. The van der Waals surface area contributed by atoms with Crippen LogP contribution in [0.3, 0.4) is 0 Å².